The molecule has 2 rings (SSSR count). The van der Waals surface area contributed by atoms with E-state index in [2.05, 4.69) is 5.32 Å². The van der Waals surface area contributed by atoms with Crippen molar-refractivity contribution in [3.8, 4) is 0 Å². The molecule has 0 aromatic heterocycles. The van der Waals surface area contributed by atoms with Gasteiger partial charge in [-0.1, -0.05) is 54.9 Å². The van der Waals surface area contributed by atoms with E-state index < -0.39 is 6.04 Å². The molecule has 0 spiro atoms. The van der Waals surface area contributed by atoms with Crippen LogP contribution in [0, 0.1) is 6.92 Å². The number of amides is 2. The molecule has 0 heterocycles. The molecule has 0 unspecified atom stereocenters. The monoisotopic (exact) mass is 432 g/mol. The van der Waals surface area contributed by atoms with Crippen LogP contribution in [-0.4, -0.2) is 35.1 Å². The minimum Gasteiger partial charge on any atom is -0.354 e. The molecule has 2 aromatic carbocycles. The predicted molar refractivity (Wildman–Crippen MR) is 122 cm³/mol. The first-order valence-corrected chi connectivity index (χ1v) is 11.4. The molecule has 0 radical (unpaired) electrons. The SMILES string of the molecule is CCCNC(=O)[C@@H](C)N(Cc1ccccc1C)C(=O)CSCc1ccc(Cl)cc1. The fraction of sp³-hybridized carbons (Fsp3) is 0.391. The average Bonchev–Trinajstić information content (AvgIpc) is 2.72. The van der Waals surface area contributed by atoms with Crippen molar-refractivity contribution in [1.82, 2.24) is 10.2 Å². The van der Waals surface area contributed by atoms with Crippen molar-refractivity contribution in [2.45, 2.75) is 45.5 Å². The standard InChI is InChI=1S/C23H29ClN2O2S/c1-4-13-25-23(28)18(3)26(14-20-8-6-5-7-17(20)2)22(27)16-29-15-19-9-11-21(24)12-10-19/h5-12,18H,4,13-16H2,1-3H3,(H,25,28)/t18-/m1/s1. The Bertz CT molecular complexity index is 811. The van der Waals surface area contributed by atoms with Gasteiger partial charge in [-0.15, -0.1) is 11.8 Å². The lowest BCUT2D eigenvalue weighted by molar-refractivity contribution is -0.138. The van der Waals surface area contributed by atoms with Crippen LogP contribution in [0.5, 0.6) is 0 Å². The summed E-state index contributed by atoms with van der Waals surface area (Å²) in [6.45, 7) is 6.86. The highest BCUT2D eigenvalue weighted by molar-refractivity contribution is 7.99. The first-order valence-electron chi connectivity index (χ1n) is 9.86. The Morgan fingerprint density at radius 3 is 2.48 bits per heavy atom. The molecule has 0 saturated carbocycles. The van der Waals surface area contributed by atoms with Gasteiger partial charge in [-0.25, -0.2) is 0 Å². The van der Waals surface area contributed by atoms with E-state index in [-0.39, 0.29) is 11.8 Å². The molecule has 4 nitrogen and oxygen atoms in total. The van der Waals surface area contributed by atoms with E-state index in [9.17, 15) is 9.59 Å². The van der Waals surface area contributed by atoms with Gasteiger partial charge in [-0.05, 0) is 49.1 Å². The van der Waals surface area contributed by atoms with Gasteiger partial charge in [-0.2, -0.15) is 0 Å². The highest BCUT2D eigenvalue weighted by Gasteiger charge is 2.26. The van der Waals surface area contributed by atoms with Gasteiger partial charge in [0, 0.05) is 23.9 Å². The van der Waals surface area contributed by atoms with E-state index in [1.165, 1.54) is 0 Å². The summed E-state index contributed by atoms with van der Waals surface area (Å²) in [5.74, 6) is 0.889. The van der Waals surface area contributed by atoms with Crippen molar-refractivity contribution in [3.05, 3.63) is 70.2 Å². The third-order valence-corrected chi connectivity index (χ3v) is 5.97. The van der Waals surface area contributed by atoms with Crippen LogP contribution in [0.1, 0.15) is 37.0 Å². The number of carbonyl (C=O) groups is 2. The molecule has 0 fully saturated rings. The van der Waals surface area contributed by atoms with Crippen LogP contribution in [0.2, 0.25) is 5.02 Å². The zero-order chi connectivity index (χ0) is 21.2. The first kappa shape index (κ1) is 23.3. The van der Waals surface area contributed by atoms with Gasteiger partial charge in [0.05, 0.1) is 5.75 Å². The number of hydrogen-bond donors (Lipinski definition) is 1. The maximum absolute atomic E-state index is 13.0. The summed E-state index contributed by atoms with van der Waals surface area (Å²) in [7, 11) is 0. The molecule has 2 aromatic rings. The number of rotatable bonds is 10. The normalized spacial score (nSPS) is 11.7. The Morgan fingerprint density at radius 1 is 1.14 bits per heavy atom. The molecule has 0 aliphatic carbocycles. The number of carbonyl (C=O) groups excluding carboxylic acids is 2. The second kappa shape index (κ2) is 11.9. The maximum Gasteiger partial charge on any atom is 0.242 e. The highest BCUT2D eigenvalue weighted by atomic mass is 35.5. The molecular weight excluding hydrogens is 404 g/mol. The van der Waals surface area contributed by atoms with Gasteiger partial charge in [0.25, 0.3) is 0 Å². The van der Waals surface area contributed by atoms with Crippen LogP contribution < -0.4 is 5.32 Å². The van der Waals surface area contributed by atoms with Crippen molar-refractivity contribution in [1.29, 1.82) is 0 Å². The highest BCUT2D eigenvalue weighted by Crippen LogP contribution is 2.18. The Morgan fingerprint density at radius 2 is 1.83 bits per heavy atom. The Balaban J connectivity index is 2.05. The van der Waals surface area contributed by atoms with Gasteiger partial charge in [0.2, 0.25) is 11.8 Å². The van der Waals surface area contributed by atoms with Crippen molar-refractivity contribution >= 4 is 35.2 Å². The lowest BCUT2D eigenvalue weighted by atomic mass is 10.1. The average molecular weight is 433 g/mol. The number of nitrogens with zero attached hydrogens (tertiary/aromatic N) is 1. The van der Waals surface area contributed by atoms with Crippen molar-refractivity contribution in [2.75, 3.05) is 12.3 Å². The number of benzene rings is 2. The molecule has 0 saturated heterocycles. The molecule has 1 atom stereocenters. The van der Waals surface area contributed by atoms with E-state index in [0.717, 1.165) is 28.9 Å². The Kier molecular flexibility index (Phi) is 9.55. The summed E-state index contributed by atoms with van der Waals surface area (Å²) in [5, 5.41) is 3.60. The molecule has 156 valence electrons. The van der Waals surface area contributed by atoms with Crippen LogP contribution in [0.25, 0.3) is 0 Å². The van der Waals surface area contributed by atoms with Gasteiger partial charge in [0.15, 0.2) is 0 Å². The zero-order valence-electron chi connectivity index (χ0n) is 17.3. The topological polar surface area (TPSA) is 49.4 Å². The molecule has 2 amide bonds. The van der Waals surface area contributed by atoms with Crippen molar-refractivity contribution in [2.24, 2.45) is 0 Å². The summed E-state index contributed by atoms with van der Waals surface area (Å²) < 4.78 is 0. The van der Waals surface area contributed by atoms with E-state index in [1.54, 1.807) is 23.6 Å². The summed E-state index contributed by atoms with van der Waals surface area (Å²) in [6.07, 6.45) is 0.862. The first-order chi connectivity index (χ1) is 13.9. The predicted octanol–water partition coefficient (Wildman–Crippen LogP) is 4.83. The van der Waals surface area contributed by atoms with Gasteiger partial charge >= 0.3 is 0 Å². The largest absolute Gasteiger partial charge is 0.354 e. The summed E-state index contributed by atoms with van der Waals surface area (Å²) in [6, 6.07) is 15.1. The van der Waals surface area contributed by atoms with Crippen molar-refractivity contribution in [3.63, 3.8) is 0 Å². The molecule has 29 heavy (non-hydrogen) atoms. The molecule has 1 N–H and O–H groups in total. The van der Waals surface area contributed by atoms with Gasteiger partial charge < -0.3 is 10.2 Å². The third kappa shape index (κ3) is 7.41. The zero-order valence-corrected chi connectivity index (χ0v) is 18.9. The number of halogens is 1. The lowest BCUT2D eigenvalue weighted by Gasteiger charge is -2.29. The third-order valence-electron chi connectivity index (χ3n) is 4.73. The number of nitrogens with one attached hydrogen (secondary N) is 1. The van der Waals surface area contributed by atoms with Crippen LogP contribution in [-0.2, 0) is 21.9 Å². The summed E-state index contributed by atoms with van der Waals surface area (Å²) >= 11 is 7.47. The minimum atomic E-state index is -0.523. The van der Waals surface area contributed by atoms with Crippen LogP contribution in [0.15, 0.2) is 48.5 Å². The van der Waals surface area contributed by atoms with E-state index in [1.807, 2.05) is 62.4 Å². The second-order valence-corrected chi connectivity index (χ2v) is 8.46. The number of hydrogen-bond acceptors (Lipinski definition) is 3. The van der Waals surface area contributed by atoms with Gasteiger partial charge in [-0.3, -0.25) is 9.59 Å². The molecular formula is C23H29ClN2O2S. The van der Waals surface area contributed by atoms with Crippen LogP contribution in [0.4, 0.5) is 0 Å². The summed E-state index contributed by atoms with van der Waals surface area (Å²) in [5.41, 5.74) is 3.28. The Hall–Kier alpha value is -1.98. The Labute approximate surface area is 183 Å². The number of thioether (sulfide) groups is 1. The van der Waals surface area contributed by atoms with Crippen LogP contribution >= 0.6 is 23.4 Å². The number of aryl methyl sites for hydroxylation is 1. The summed E-state index contributed by atoms with van der Waals surface area (Å²) in [4.78, 5) is 27.2. The molecule has 0 bridgehead atoms. The van der Waals surface area contributed by atoms with Crippen LogP contribution in [0.3, 0.4) is 0 Å². The van der Waals surface area contributed by atoms with E-state index >= 15 is 0 Å². The maximum atomic E-state index is 13.0. The molecule has 6 heteroatoms. The second-order valence-electron chi connectivity index (χ2n) is 7.03. The smallest absolute Gasteiger partial charge is 0.242 e. The molecule has 0 aliphatic rings. The minimum absolute atomic E-state index is 0.0358. The lowest BCUT2D eigenvalue weighted by Crippen LogP contribution is -2.48. The fourth-order valence-corrected chi connectivity index (χ4v) is 3.87. The quantitative estimate of drug-likeness (QED) is 0.585. The fourth-order valence-electron chi connectivity index (χ4n) is 2.87. The van der Waals surface area contributed by atoms with Gasteiger partial charge in [0.1, 0.15) is 6.04 Å². The van der Waals surface area contributed by atoms with Crippen molar-refractivity contribution < 1.29 is 9.59 Å². The van der Waals surface area contributed by atoms with E-state index in [0.29, 0.717) is 23.9 Å². The van der Waals surface area contributed by atoms with E-state index in [4.69, 9.17) is 11.6 Å². The molecule has 0 aliphatic heterocycles.